The Hall–Kier alpha value is -2.67. The van der Waals surface area contributed by atoms with E-state index in [1.54, 1.807) is 12.1 Å². The highest BCUT2D eigenvalue weighted by atomic mass is 16.4. The van der Waals surface area contributed by atoms with Gasteiger partial charge in [0.15, 0.2) is 6.04 Å². The zero-order valence-corrected chi connectivity index (χ0v) is 10.4. The van der Waals surface area contributed by atoms with E-state index in [4.69, 9.17) is 10.2 Å². The van der Waals surface area contributed by atoms with Crippen molar-refractivity contribution in [2.45, 2.75) is 6.04 Å². The molecule has 0 saturated carbocycles. The second kappa shape index (κ2) is 5.98. The van der Waals surface area contributed by atoms with Crippen molar-refractivity contribution in [2.24, 2.45) is 0 Å². The van der Waals surface area contributed by atoms with E-state index in [0.717, 1.165) is 5.69 Å². The number of nitrogens with zero attached hydrogens (tertiary/aromatic N) is 2. The minimum atomic E-state index is -1.35. The molecule has 2 rings (SSSR count). The number of aromatic nitrogens is 2. The Morgan fingerprint density at radius 2 is 2.00 bits per heavy atom. The van der Waals surface area contributed by atoms with Crippen LogP contribution in [0.5, 0.6) is 0 Å². The molecule has 0 aliphatic carbocycles. The van der Waals surface area contributed by atoms with E-state index in [-0.39, 0.29) is 5.69 Å². The van der Waals surface area contributed by atoms with E-state index >= 15 is 0 Å². The van der Waals surface area contributed by atoms with E-state index in [9.17, 15) is 9.59 Å². The van der Waals surface area contributed by atoms with Gasteiger partial charge in [0.05, 0.1) is 19.1 Å². The van der Waals surface area contributed by atoms with Crippen LogP contribution in [0.4, 0.5) is 0 Å². The number of aliphatic carboxylic acids is 1. The van der Waals surface area contributed by atoms with Gasteiger partial charge in [0.2, 0.25) is 0 Å². The van der Waals surface area contributed by atoms with Gasteiger partial charge in [0, 0.05) is 5.69 Å². The smallest absolute Gasteiger partial charge is 0.328 e. The number of aliphatic hydroxyl groups is 1. The second-order valence-electron chi connectivity index (χ2n) is 4.03. The standard InChI is InChI=1S/C13H13N3O4/c17-7-10(13(19)20)15-12(18)11-6-14-8-16(11)9-4-2-1-3-5-9/h1-6,8,10,17H,7H2,(H,15,18)(H,19,20)/t10-/m0/s1. The molecule has 2 aromatic rings. The molecule has 20 heavy (non-hydrogen) atoms. The highest BCUT2D eigenvalue weighted by Gasteiger charge is 2.21. The Morgan fingerprint density at radius 1 is 1.30 bits per heavy atom. The van der Waals surface area contributed by atoms with Crippen LogP contribution < -0.4 is 5.32 Å². The molecule has 0 aliphatic heterocycles. The maximum atomic E-state index is 12.0. The number of aliphatic hydroxyl groups excluding tert-OH is 1. The number of rotatable bonds is 5. The summed E-state index contributed by atoms with van der Waals surface area (Å²) in [6.07, 6.45) is 2.79. The van der Waals surface area contributed by atoms with E-state index in [0.29, 0.717) is 0 Å². The molecule has 0 unspecified atom stereocenters. The lowest BCUT2D eigenvalue weighted by Gasteiger charge is -2.12. The Labute approximate surface area is 114 Å². The summed E-state index contributed by atoms with van der Waals surface area (Å²) in [5.41, 5.74) is 0.918. The van der Waals surface area contributed by atoms with Crippen molar-refractivity contribution in [1.29, 1.82) is 0 Å². The second-order valence-corrected chi connectivity index (χ2v) is 4.03. The van der Waals surface area contributed by atoms with Crippen LogP contribution in [0.15, 0.2) is 42.9 Å². The predicted molar refractivity (Wildman–Crippen MR) is 69.5 cm³/mol. The first kappa shape index (κ1) is 13.8. The number of carbonyl (C=O) groups excluding carboxylic acids is 1. The molecule has 1 atom stereocenters. The van der Waals surface area contributed by atoms with Gasteiger partial charge in [-0.15, -0.1) is 0 Å². The van der Waals surface area contributed by atoms with Gasteiger partial charge in [-0.05, 0) is 12.1 Å². The first-order valence-electron chi connectivity index (χ1n) is 5.85. The van der Waals surface area contributed by atoms with Crippen molar-refractivity contribution >= 4 is 11.9 Å². The molecular formula is C13H13N3O4. The van der Waals surface area contributed by atoms with Crippen molar-refractivity contribution in [2.75, 3.05) is 6.61 Å². The lowest BCUT2D eigenvalue weighted by Crippen LogP contribution is -2.43. The molecule has 0 bridgehead atoms. The molecule has 1 aromatic heterocycles. The van der Waals surface area contributed by atoms with Gasteiger partial charge < -0.3 is 15.5 Å². The van der Waals surface area contributed by atoms with Crippen molar-refractivity contribution in [3.63, 3.8) is 0 Å². The molecule has 104 valence electrons. The van der Waals surface area contributed by atoms with E-state index in [2.05, 4.69) is 10.3 Å². The number of carboxylic acid groups (broad SMARTS) is 1. The van der Waals surface area contributed by atoms with Gasteiger partial charge in [0.25, 0.3) is 5.91 Å². The van der Waals surface area contributed by atoms with Crippen molar-refractivity contribution < 1.29 is 19.8 Å². The number of benzene rings is 1. The fraction of sp³-hybridized carbons (Fsp3) is 0.154. The first-order valence-corrected chi connectivity index (χ1v) is 5.85. The number of amides is 1. The summed E-state index contributed by atoms with van der Waals surface area (Å²) in [6, 6.07) is 7.70. The summed E-state index contributed by atoms with van der Waals surface area (Å²) in [6.45, 7) is -0.680. The molecule has 1 aromatic carbocycles. The quantitative estimate of drug-likeness (QED) is 0.715. The number of hydrogen-bond acceptors (Lipinski definition) is 4. The third-order valence-corrected chi connectivity index (χ3v) is 2.69. The van der Waals surface area contributed by atoms with Crippen LogP contribution >= 0.6 is 0 Å². The van der Waals surface area contributed by atoms with Gasteiger partial charge in [-0.2, -0.15) is 0 Å². The van der Waals surface area contributed by atoms with Crippen LogP contribution in [0, 0.1) is 0 Å². The summed E-state index contributed by atoms with van der Waals surface area (Å²) in [5.74, 6) is -1.92. The maximum Gasteiger partial charge on any atom is 0.328 e. The zero-order valence-electron chi connectivity index (χ0n) is 10.4. The predicted octanol–water partition coefficient (Wildman–Crippen LogP) is 0.0476. The number of carboxylic acids is 1. The Balaban J connectivity index is 2.24. The Bertz CT molecular complexity index is 609. The third kappa shape index (κ3) is 2.83. The summed E-state index contributed by atoms with van der Waals surface area (Å²) in [7, 11) is 0. The number of nitrogens with one attached hydrogen (secondary N) is 1. The van der Waals surface area contributed by atoms with Crippen molar-refractivity contribution in [3.05, 3.63) is 48.5 Å². The number of imidazole rings is 1. The molecule has 0 fully saturated rings. The van der Waals surface area contributed by atoms with Crippen LogP contribution in [-0.2, 0) is 4.79 Å². The fourth-order valence-corrected chi connectivity index (χ4v) is 1.68. The lowest BCUT2D eigenvalue weighted by atomic mass is 10.2. The van der Waals surface area contributed by atoms with Gasteiger partial charge >= 0.3 is 5.97 Å². The maximum absolute atomic E-state index is 12.0. The molecule has 1 heterocycles. The van der Waals surface area contributed by atoms with E-state index in [1.165, 1.54) is 17.1 Å². The van der Waals surface area contributed by atoms with Gasteiger partial charge in [-0.25, -0.2) is 9.78 Å². The topological polar surface area (TPSA) is 104 Å². The Morgan fingerprint density at radius 3 is 2.60 bits per heavy atom. The Kier molecular flexibility index (Phi) is 4.11. The minimum Gasteiger partial charge on any atom is -0.480 e. The molecule has 0 radical (unpaired) electrons. The summed E-state index contributed by atoms with van der Waals surface area (Å²) >= 11 is 0. The normalized spacial score (nSPS) is 11.8. The molecule has 7 heteroatoms. The van der Waals surface area contributed by atoms with Crippen LogP contribution in [0.3, 0.4) is 0 Å². The molecule has 0 spiro atoms. The first-order chi connectivity index (χ1) is 9.63. The molecular weight excluding hydrogens is 262 g/mol. The molecule has 3 N–H and O–H groups in total. The molecule has 1 amide bonds. The number of carbonyl (C=O) groups is 2. The third-order valence-electron chi connectivity index (χ3n) is 2.69. The number of hydrogen-bond donors (Lipinski definition) is 3. The monoisotopic (exact) mass is 275 g/mol. The van der Waals surface area contributed by atoms with Crippen LogP contribution in [0.2, 0.25) is 0 Å². The van der Waals surface area contributed by atoms with Gasteiger partial charge in [-0.1, -0.05) is 18.2 Å². The van der Waals surface area contributed by atoms with Crippen LogP contribution in [0.25, 0.3) is 5.69 Å². The largest absolute Gasteiger partial charge is 0.480 e. The summed E-state index contributed by atoms with van der Waals surface area (Å²) in [4.78, 5) is 26.7. The summed E-state index contributed by atoms with van der Waals surface area (Å²) < 4.78 is 1.53. The lowest BCUT2D eigenvalue weighted by molar-refractivity contribution is -0.140. The molecule has 0 saturated heterocycles. The zero-order chi connectivity index (χ0) is 14.5. The average Bonchev–Trinajstić information content (AvgIpc) is 2.94. The molecule has 0 aliphatic rings. The van der Waals surface area contributed by atoms with E-state index < -0.39 is 24.5 Å². The van der Waals surface area contributed by atoms with Gasteiger partial charge in [-0.3, -0.25) is 9.36 Å². The summed E-state index contributed by atoms with van der Waals surface area (Å²) in [5, 5.41) is 19.9. The van der Waals surface area contributed by atoms with E-state index in [1.807, 2.05) is 18.2 Å². The highest BCUT2D eigenvalue weighted by molar-refractivity contribution is 5.95. The average molecular weight is 275 g/mol. The van der Waals surface area contributed by atoms with Gasteiger partial charge in [0.1, 0.15) is 5.69 Å². The number of para-hydroxylation sites is 1. The fourth-order valence-electron chi connectivity index (χ4n) is 1.68. The SMILES string of the molecule is O=C(N[C@@H](CO)C(=O)O)c1cncn1-c1ccccc1. The minimum absolute atomic E-state index is 0.191. The van der Waals surface area contributed by atoms with Crippen molar-refractivity contribution in [3.8, 4) is 5.69 Å². The van der Waals surface area contributed by atoms with Crippen molar-refractivity contribution in [1.82, 2.24) is 14.9 Å². The highest BCUT2D eigenvalue weighted by Crippen LogP contribution is 2.10. The molecule has 7 nitrogen and oxygen atoms in total. The van der Waals surface area contributed by atoms with Crippen LogP contribution in [-0.4, -0.2) is 44.3 Å². The van der Waals surface area contributed by atoms with Crippen LogP contribution in [0.1, 0.15) is 10.5 Å².